The standard InChI is InChI=1S/C19H18N4O/c1-14-17(20-8-7-19(14)24-2)12-23-13-21-16-6-5-15(11-18(16)23)22-9-3-4-10-22/h3-11,13H,12H2,1-2H3. The Hall–Kier alpha value is -3.08. The summed E-state index contributed by atoms with van der Waals surface area (Å²) in [6, 6.07) is 12.2. The van der Waals surface area contributed by atoms with Crippen LogP contribution in [0.1, 0.15) is 11.3 Å². The normalized spacial score (nSPS) is 11.1. The van der Waals surface area contributed by atoms with Crippen molar-refractivity contribution < 1.29 is 4.74 Å². The molecule has 0 bridgehead atoms. The lowest BCUT2D eigenvalue weighted by molar-refractivity contribution is 0.410. The first-order valence-corrected chi connectivity index (χ1v) is 7.83. The molecule has 1 aromatic carbocycles. The Morgan fingerprint density at radius 1 is 1.08 bits per heavy atom. The van der Waals surface area contributed by atoms with E-state index in [9.17, 15) is 0 Å². The number of methoxy groups -OCH3 is 1. The van der Waals surface area contributed by atoms with Gasteiger partial charge >= 0.3 is 0 Å². The van der Waals surface area contributed by atoms with Crippen molar-refractivity contribution in [3.05, 3.63) is 72.6 Å². The minimum atomic E-state index is 0.661. The number of imidazole rings is 1. The summed E-state index contributed by atoms with van der Waals surface area (Å²) in [5.74, 6) is 0.859. The molecule has 0 aliphatic heterocycles. The van der Waals surface area contributed by atoms with Crippen LogP contribution in [-0.4, -0.2) is 26.2 Å². The summed E-state index contributed by atoms with van der Waals surface area (Å²) >= 11 is 0. The number of fused-ring (bicyclic) bond motifs is 1. The van der Waals surface area contributed by atoms with Gasteiger partial charge in [-0.2, -0.15) is 0 Å². The Kier molecular flexibility index (Phi) is 3.54. The second-order valence-electron chi connectivity index (χ2n) is 5.72. The van der Waals surface area contributed by atoms with Crippen LogP contribution in [0.25, 0.3) is 16.7 Å². The third kappa shape index (κ3) is 2.44. The van der Waals surface area contributed by atoms with Gasteiger partial charge in [0.2, 0.25) is 0 Å². The van der Waals surface area contributed by atoms with E-state index in [4.69, 9.17) is 4.74 Å². The number of nitrogens with zero attached hydrogens (tertiary/aromatic N) is 4. The molecule has 0 saturated heterocycles. The quantitative estimate of drug-likeness (QED) is 0.577. The Labute approximate surface area is 140 Å². The van der Waals surface area contributed by atoms with Crippen LogP contribution in [0.3, 0.4) is 0 Å². The van der Waals surface area contributed by atoms with Crippen molar-refractivity contribution >= 4 is 11.0 Å². The summed E-state index contributed by atoms with van der Waals surface area (Å²) in [7, 11) is 1.68. The smallest absolute Gasteiger partial charge is 0.125 e. The predicted molar refractivity (Wildman–Crippen MR) is 93.7 cm³/mol. The van der Waals surface area contributed by atoms with Crippen molar-refractivity contribution in [1.29, 1.82) is 0 Å². The Balaban J connectivity index is 1.76. The molecule has 3 aromatic heterocycles. The number of aromatic nitrogens is 4. The molecule has 5 nitrogen and oxygen atoms in total. The second kappa shape index (κ2) is 5.85. The van der Waals surface area contributed by atoms with Crippen molar-refractivity contribution in [2.45, 2.75) is 13.5 Å². The highest BCUT2D eigenvalue weighted by molar-refractivity contribution is 5.78. The molecule has 0 saturated carbocycles. The molecule has 4 aromatic rings. The maximum atomic E-state index is 5.39. The number of ether oxygens (including phenoxy) is 1. The highest BCUT2D eigenvalue weighted by Crippen LogP contribution is 2.22. The van der Waals surface area contributed by atoms with Crippen LogP contribution >= 0.6 is 0 Å². The fourth-order valence-corrected chi connectivity index (χ4v) is 2.94. The van der Waals surface area contributed by atoms with Crippen molar-refractivity contribution in [2.24, 2.45) is 0 Å². The summed E-state index contributed by atoms with van der Waals surface area (Å²) in [6.07, 6.45) is 7.72. The number of rotatable bonds is 4. The Bertz CT molecular complexity index is 986. The summed E-state index contributed by atoms with van der Waals surface area (Å²) in [4.78, 5) is 9.01. The molecule has 120 valence electrons. The molecule has 5 heteroatoms. The molecule has 3 heterocycles. The van der Waals surface area contributed by atoms with E-state index in [0.717, 1.165) is 33.7 Å². The van der Waals surface area contributed by atoms with Gasteiger partial charge < -0.3 is 13.9 Å². The van der Waals surface area contributed by atoms with E-state index in [1.54, 1.807) is 13.3 Å². The van der Waals surface area contributed by atoms with Gasteiger partial charge in [0.25, 0.3) is 0 Å². The number of pyridine rings is 1. The Morgan fingerprint density at radius 3 is 2.71 bits per heavy atom. The fraction of sp³-hybridized carbons (Fsp3) is 0.158. The monoisotopic (exact) mass is 318 g/mol. The molecule has 0 aliphatic rings. The first-order valence-electron chi connectivity index (χ1n) is 7.83. The molecule has 0 N–H and O–H groups in total. The molecule has 24 heavy (non-hydrogen) atoms. The number of hydrogen-bond donors (Lipinski definition) is 0. The fourth-order valence-electron chi connectivity index (χ4n) is 2.94. The first-order chi connectivity index (χ1) is 11.8. The first kappa shape index (κ1) is 14.5. The highest BCUT2D eigenvalue weighted by atomic mass is 16.5. The van der Waals surface area contributed by atoms with E-state index in [2.05, 4.69) is 31.2 Å². The zero-order valence-corrected chi connectivity index (χ0v) is 13.7. The molecule has 0 radical (unpaired) electrons. The average molecular weight is 318 g/mol. The van der Waals surface area contributed by atoms with Gasteiger partial charge in [0.05, 0.1) is 36.7 Å². The molecule has 4 rings (SSSR count). The summed E-state index contributed by atoms with van der Waals surface area (Å²) in [5.41, 5.74) is 5.23. The molecule has 0 amide bonds. The molecule has 0 unspecified atom stereocenters. The lowest BCUT2D eigenvalue weighted by atomic mass is 10.2. The van der Waals surface area contributed by atoms with Gasteiger partial charge in [0.15, 0.2) is 0 Å². The predicted octanol–water partition coefficient (Wildman–Crippen LogP) is 3.59. The summed E-state index contributed by atoms with van der Waals surface area (Å²) in [6.45, 7) is 2.69. The number of benzene rings is 1. The average Bonchev–Trinajstić information content (AvgIpc) is 3.26. The van der Waals surface area contributed by atoms with Crippen LogP contribution in [0.2, 0.25) is 0 Å². The van der Waals surface area contributed by atoms with Gasteiger partial charge in [-0.3, -0.25) is 4.98 Å². The van der Waals surface area contributed by atoms with Crippen LogP contribution < -0.4 is 4.74 Å². The van der Waals surface area contributed by atoms with Gasteiger partial charge in [-0.1, -0.05) is 0 Å². The molecule has 0 atom stereocenters. The molecular formula is C19H18N4O. The Morgan fingerprint density at radius 2 is 1.92 bits per heavy atom. The zero-order chi connectivity index (χ0) is 16.5. The van der Waals surface area contributed by atoms with Gasteiger partial charge in [-0.15, -0.1) is 0 Å². The second-order valence-corrected chi connectivity index (χ2v) is 5.72. The van der Waals surface area contributed by atoms with E-state index >= 15 is 0 Å². The topological polar surface area (TPSA) is 44.9 Å². The summed E-state index contributed by atoms with van der Waals surface area (Å²) in [5, 5.41) is 0. The third-order valence-corrected chi connectivity index (χ3v) is 4.31. The van der Waals surface area contributed by atoms with Crippen LogP contribution in [-0.2, 0) is 6.54 Å². The molecule has 0 fully saturated rings. The van der Waals surface area contributed by atoms with Gasteiger partial charge in [-0.25, -0.2) is 4.98 Å². The minimum Gasteiger partial charge on any atom is -0.496 e. The maximum absolute atomic E-state index is 5.39. The zero-order valence-electron chi connectivity index (χ0n) is 13.7. The van der Waals surface area contributed by atoms with Crippen molar-refractivity contribution in [1.82, 2.24) is 19.1 Å². The van der Waals surface area contributed by atoms with E-state index < -0.39 is 0 Å². The number of hydrogen-bond acceptors (Lipinski definition) is 3. The van der Waals surface area contributed by atoms with Crippen LogP contribution in [0.4, 0.5) is 0 Å². The summed E-state index contributed by atoms with van der Waals surface area (Å²) < 4.78 is 9.60. The van der Waals surface area contributed by atoms with Crippen molar-refractivity contribution in [2.75, 3.05) is 7.11 Å². The highest BCUT2D eigenvalue weighted by Gasteiger charge is 2.10. The molecule has 0 spiro atoms. The van der Waals surface area contributed by atoms with E-state index in [1.165, 1.54) is 0 Å². The molecular weight excluding hydrogens is 300 g/mol. The SMILES string of the molecule is COc1ccnc(Cn2cnc3ccc(-n4cccc4)cc32)c1C. The van der Waals surface area contributed by atoms with E-state index in [0.29, 0.717) is 6.54 Å². The van der Waals surface area contributed by atoms with E-state index in [1.807, 2.05) is 49.9 Å². The van der Waals surface area contributed by atoms with Gasteiger partial charge in [0.1, 0.15) is 5.75 Å². The molecule has 0 aliphatic carbocycles. The van der Waals surface area contributed by atoms with Crippen LogP contribution in [0, 0.1) is 6.92 Å². The largest absolute Gasteiger partial charge is 0.496 e. The van der Waals surface area contributed by atoms with Crippen LogP contribution in [0.5, 0.6) is 5.75 Å². The van der Waals surface area contributed by atoms with Crippen molar-refractivity contribution in [3.63, 3.8) is 0 Å². The lowest BCUT2D eigenvalue weighted by Gasteiger charge is -2.11. The van der Waals surface area contributed by atoms with Crippen LogP contribution in [0.15, 0.2) is 61.3 Å². The minimum absolute atomic E-state index is 0.661. The van der Waals surface area contributed by atoms with Gasteiger partial charge in [-0.05, 0) is 43.3 Å². The lowest BCUT2D eigenvalue weighted by Crippen LogP contribution is -2.04. The van der Waals surface area contributed by atoms with Crippen molar-refractivity contribution in [3.8, 4) is 11.4 Å². The maximum Gasteiger partial charge on any atom is 0.125 e. The van der Waals surface area contributed by atoms with Gasteiger partial charge in [0, 0.05) is 29.8 Å². The van der Waals surface area contributed by atoms with E-state index in [-0.39, 0.29) is 0 Å². The third-order valence-electron chi connectivity index (χ3n) is 4.31.